The van der Waals surface area contributed by atoms with Gasteiger partial charge in [0.2, 0.25) is 5.91 Å². The van der Waals surface area contributed by atoms with Gasteiger partial charge in [0.15, 0.2) is 0 Å². The minimum Gasteiger partial charge on any atom is -0.494 e. The topological polar surface area (TPSA) is 76.1 Å². The summed E-state index contributed by atoms with van der Waals surface area (Å²) >= 11 is 1.46. The SMILES string of the molecule is CCOc1ccc(SCC(=O)N2C[C@H]3COCC[C@@]3(C(=O)O)C2)cc1. The van der Waals surface area contributed by atoms with Crippen molar-refractivity contribution >= 4 is 23.6 Å². The number of rotatable bonds is 6. The second kappa shape index (κ2) is 7.66. The summed E-state index contributed by atoms with van der Waals surface area (Å²) in [4.78, 5) is 27.0. The molecule has 1 amide bonds. The van der Waals surface area contributed by atoms with E-state index in [-0.39, 0.29) is 11.8 Å². The van der Waals surface area contributed by atoms with Gasteiger partial charge in [-0.05, 0) is 37.6 Å². The van der Waals surface area contributed by atoms with Crippen LogP contribution in [0.1, 0.15) is 13.3 Å². The van der Waals surface area contributed by atoms with Crippen LogP contribution in [0.25, 0.3) is 0 Å². The van der Waals surface area contributed by atoms with Crippen LogP contribution in [0.4, 0.5) is 0 Å². The highest BCUT2D eigenvalue weighted by molar-refractivity contribution is 8.00. The lowest BCUT2D eigenvalue weighted by atomic mass is 9.74. The molecule has 25 heavy (non-hydrogen) atoms. The largest absolute Gasteiger partial charge is 0.494 e. The first-order valence-electron chi connectivity index (χ1n) is 8.50. The Kier molecular flexibility index (Phi) is 5.54. The number of benzene rings is 1. The molecular weight excluding hydrogens is 342 g/mol. The summed E-state index contributed by atoms with van der Waals surface area (Å²) in [6.45, 7) is 4.18. The lowest BCUT2D eigenvalue weighted by Crippen LogP contribution is -2.45. The van der Waals surface area contributed by atoms with E-state index < -0.39 is 11.4 Å². The van der Waals surface area contributed by atoms with Crippen LogP contribution in [0.2, 0.25) is 0 Å². The number of fused-ring (bicyclic) bond motifs is 1. The van der Waals surface area contributed by atoms with Crippen molar-refractivity contribution in [3.63, 3.8) is 0 Å². The Morgan fingerprint density at radius 3 is 2.80 bits per heavy atom. The van der Waals surface area contributed by atoms with Gasteiger partial charge in [-0.1, -0.05) is 0 Å². The zero-order valence-electron chi connectivity index (χ0n) is 14.3. The van der Waals surface area contributed by atoms with Crippen molar-refractivity contribution in [1.82, 2.24) is 4.90 Å². The van der Waals surface area contributed by atoms with E-state index in [1.165, 1.54) is 11.8 Å². The van der Waals surface area contributed by atoms with Crippen LogP contribution in [-0.2, 0) is 14.3 Å². The van der Waals surface area contributed by atoms with Crippen molar-refractivity contribution in [3.8, 4) is 5.75 Å². The second-order valence-corrected chi connectivity index (χ2v) is 7.50. The van der Waals surface area contributed by atoms with Crippen molar-refractivity contribution in [1.29, 1.82) is 0 Å². The summed E-state index contributed by atoms with van der Waals surface area (Å²) in [7, 11) is 0. The first-order chi connectivity index (χ1) is 12.0. The highest BCUT2D eigenvalue weighted by Crippen LogP contribution is 2.42. The van der Waals surface area contributed by atoms with E-state index in [9.17, 15) is 14.7 Å². The molecule has 0 aliphatic carbocycles. The van der Waals surface area contributed by atoms with Gasteiger partial charge < -0.3 is 19.5 Å². The molecule has 2 heterocycles. The van der Waals surface area contributed by atoms with Gasteiger partial charge in [-0.15, -0.1) is 11.8 Å². The van der Waals surface area contributed by atoms with Crippen LogP contribution in [0.15, 0.2) is 29.2 Å². The standard InChI is InChI=1S/C18H23NO5S/c1-2-24-14-3-5-15(6-4-14)25-11-16(20)19-9-13-10-23-8-7-18(13,12-19)17(21)22/h3-6,13H,2,7-12H2,1H3,(H,21,22)/t13-,18+/m0/s1. The van der Waals surface area contributed by atoms with Gasteiger partial charge in [-0.3, -0.25) is 9.59 Å². The van der Waals surface area contributed by atoms with E-state index in [0.29, 0.717) is 45.1 Å². The van der Waals surface area contributed by atoms with Crippen LogP contribution in [0.5, 0.6) is 5.75 Å². The number of hydrogen-bond acceptors (Lipinski definition) is 5. The third kappa shape index (κ3) is 3.77. The predicted molar refractivity (Wildman–Crippen MR) is 93.9 cm³/mol. The molecule has 0 saturated carbocycles. The van der Waals surface area contributed by atoms with Gasteiger partial charge in [-0.25, -0.2) is 0 Å². The maximum Gasteiger partial charge on any atom is 0.311 e. The van der Waals surface area contributed by atoms with E-state index in [0.717, 1.165) is 10.6 Å². The first kappa shape index (κ1) is 18.1. The molecular formula is C18H23NO5S. The summed E-state index contributed by atoms with van der Waals surface area (Å²) < 4.78 is 10.8. The van der Waals surface area contributed by atoms with E-state index in [1.807, 2.05) is 31.2 Å². The maximum absolute atomic E-state index is 12.5. The summed E-state index contributed by atoms with van der Waals surface area (Å²) in [5.41, 5.74) is -0.836. The Hall–Kier alpha value is -1.73. The van der Waals surface area contributed by atoms with Crippen molar-refractivity contribution in [2.24, 2.45) is 11.3 Å². The highest BCUT2D eigenvalue weighted by Gasteiger charge is 2.54. The Morgan fingerprint density at radius 2 is 2.16 bits per heavy atom. The van der Waals surface area contributed by atoms with Gasteiger partial charge in [0.1, 0.15) is 5.75 Å². The molecule has 0 unspecified atom stereocenters. The third-order valence-electron chi connectivity index (χ3n) is 4.98. The van der Waals surface area contributed by atoms with Crippen molar-refractivity contribution in [2.45, 2.75) is 18.2 Å². The Bertz CT molecular complexity index is 635. The zero-order valence-corrected chi connectivity index (χ0v) is 15.1. The highest BCUT2D eigenvalue weighted by atomic mass is 32.2. The zero-order chi connectivity index (χ0) is 17.9. The smallest absolute Gasteiger partial charge is 0.311 e. The van der Waals surface area contributed by atoms with E-state index in [2.05, 4.69) is 0 Å². The van der Waals surface area contributed by atoms with E-state index in [1.54, 1.807) is 4.90 Å². The molecule has 1 aromatic carbocycles. The number of hydrogen-bond donors (Lipinski definition) is 1. The fraction of sp³-hybridized carbons (Fsp3) is 0.556. The lowest BCUT2D eigenvalue weighted by molar-refractivity contribution is -0.157. The average molecular weight is 365 g/mol. The summed E-state index contributed by atoms with van der Waals surface area (Å²) in [5.74, 6) is 0.171. The number of carboxylic acids is 1. The van der Waals surface area contributed by atoms with Gasteiger partial charge in [0.05, 0.1) is 24.4 Å². The third-order valence-corrected chi connectivity index (χ3v) is 5.98. The molecule has 2 atom stereocenters. The summed E-state index contributed by atoms with van der Waals surface area (Å²) in [6, 6.07) is 7.63. The Labute approximate surface area is 151 Å². The quantitative estimate of drug-likeness (QED) is 0.779. The minimum absolute atomic E-state index is 0.0195. The fourth-order valence-corrected chi connectivity index (χ4v) is 4.33. The summed E-state index contributed by atoms with van der Waals surface area (Å²) in [5, 5.41) is 9.67. The Morgan fingerprint density at radius 1 is 1.40 bits per heavy atom. The number of carboxylic acid groups (broad SMARTS) is 1. The van der Waals surface area contributed by atoms with E-state index in [4.69, 9.17) is 9.47 Å². The number of nitrogens with zero attached hydrogens (tertiary/aromatic N) is 1. The summed E-state index contributed by atoms with van der Waals surface area (Å²) in [6.07, 6.45) is 0.475. The monoisotopic (exact) mass is 365 g/mol. The number of carbonyl (C=O) groups excluding carboxylic acids is 1. The van der Waals surface area contributed by atoms with Gasteiger partial charge >= 0.3 is 5.97 Å². The van der Waals surface area contributed by atoms with Crippen LogP contribution < -0.4 is 4.74 Å². The number of aliphatic carboxylic acids is 1. The maximum atomic E-state index is 12.5. The van der Waals surface area contributed by atoms with Gasteiger partial charge in [-0.2, -0.15) is 0 Å². The molecule has 3 rings (SSSR count). The van der Waals surface area contributed by atoms with E-state index >= 15 is 0 Å². The molecule has 0 spiro atoms. The number of likely N-dealkylation sites (tertiary alicyclic amines) is 1. The molecule has 6 nitrogen and oxygen atoms in total. The first-order valence-corrected chi connectivity index (χ1v) is 9.48. The molecule has 2 aliphatic rings. The number of carbonyl (C=O) groups is 2. The lowest BCUT2D eigenvalue weighted by Gasteiger charge is -2.33. The molecule has 0 aromatic heterocycles. The predicted octanol–water partition coefficient (Wildman–Crippen LogP) is 2.13. The number of thioether (sulfide) groups is 1. The number of amides is 1. The number of ether oxygens (including phenoxy) is 2. The van der Waals surface area contributed by atoms with Crippen LogP contribution >= 0.6 is 11.8 Å². The molecule has 0 radical (unpaired) electrons. The minimum atomic E-state index is -0.836. The molecule has 136 valence electrons. The van der Waals surface area contributed by atoms with Crippen molar-refractivity contribution < 1.29 is 24.2 Å². The van der Waals surface area contributed by atoms with Crippen molar-refractivity contribution in [2.75, 3.05) is 38.7 Å². The molecule has 1 aromatic rings. The van der Waals surface area contributed by atoms with Crippen molar-refractivity contribution in [3.05, 3.63) is 24.3 Å². The molecule has 1 N–H and O–H groups in total. The average Bonchev–Trinajstić information content (AvgIpc) is 3.02. The molecule has 0 bridgehead atoms. The van der Waals surface area contributed by atoms with Crippen LogP contribution in [0.3, 0.4) is 0 Å². The molecule has 7 heteroatoms. The molecule has 2 fully saturated rings. The second-order valence-electron chi connectivity index (χ2n) is 6.45. The molecule has 2 aliphatic heterocycles. The molecule has 2 saturated heterocycles. The van der Waals surface area contributed by atoms with Crippen LogP contribution in [0, 0.1) is 11.3 Å². The van der Waals surface area contributed by atoms with Gasteiger partial charge in [0.25, 0.3) is 0 Å². The normalized spacial score (nSPS) is 25.5. The van der Waals surface area contributed by atoms with Crippen LogP contribution in [-0.4, -0.2) is 60.5 Å². The fourth-order valence-electron chi connectivity index (χ4n) is 3.52. The van der Waals surface area contributed by atoms with Gasteiger partial charge in [0, 0.05) is 30.5 Å². The Balaban J connectivity index is 1.57.